The molecule has 1 aromatic rings. The van der Waals surface area contributed by atoms with Crippen LogP contribution in [0.4, 0.5) is 4.79 Å². The van der Waals surface area contributed by atoms with Gasteiger partial charge in [0.25, 0.3) is 0 Å². The third kappa shape index (κ3) is 4.47. The van der Waals surface area contributed by atoms with Gasteiger partial charge in [0.05, 0.1) is 0 Å². The average molecular weight is 283 g/mol. The molecule has 3 nitrogen and oxygen atoms in total. The Hall–Kier alpha value is -0.640. The lowest BCUT2D eigenvalue weighted by atomic mass is 10.1. The number of halogens is 3. The zero-order chi connectivity index (χ0) is 12.0. The Bertz CT molecular complexity index is 371. The summed E-state index contributed by atoms with van der Waals surface area (Å²) < 4.78 is 4.49. The van der Waals surface area contributed by atoms with Crippen molar-refractivity contribution in [2.45, 2.75) is 6.42 Å². The van der Waals surface area contributed by atoms with Crippen LogP contribution in [0.2, 0.25) is 10.0 Å². The minimum absolute atomic E-state index is 0.159. The van der Waals surface area contributed by atoms with Gasteiger partial charge in [-0.1, -0.05) is 40.9 Å². The Morgan fingerprint density at radius 3 is 2.75 bits per heavy atom. The summed E-state index contributed by atoms with van der Waals surface area (Å²) in [7, 11) is 0. The van der Waals surface area contributed by atoms with E-state index in [2.05, 4.69) is 10.1 Å². The lowest BCUT2D eigenvalue weighted by Gasteiger charge is -2.06. The van der Waals surface area contributed by atoms with Gasteiger partial charge in [-0.05, 0) is 24.1 Å². The number of carbonyl (C=O) groups is 1. The number of hydrogen-bond donors (Lipinski definition) is 1. The van der Waals surface area contributed by atoms with Gasteiger partial charge in [0, 0.05) is 16.6 Å². The molecule has 6 heteroatoms. The van der Waals surface area contributed by atoms with E-state index in [0.29, 0.717) is 23.0 Å². The first-order chi connectivity index (χ1) is 7.63. The predicted octanol–water partition coefficient (Wildman–Crippen LogP) is 3.46. The van der Waals surface area contributed by atoms with Crippen LogP contribution in [0, 0.1) is 0 Å². The molecule has 1 N–H and O–H groups in total. The molecule has 16 heavy (non-hydrogen) atoms. The Kier molecular flexibility index (Phi) is 5.74. The maximum Gasteiger partial charge on any atom is 0.408 e. The van der Waals surface area contributed by atoms with Gasteiger partial charge in [-0.2, -0.15) is 0 Å². The highest BCUT2D eigenvalue weighted by molar-refractivity contribution is 6.35. The van der Waals surface area contributed by atoms with Gasteiger partial charge >= 0.3 is 6.09 Å². The first-order valence-corrected chi connectivity index (χ1v) is 5.83. The van der Waals surface area contributed by atoms with Gasteiger partial charge in [0.1, 0.15) is 0 Å². The molecule has 0 unspecified atom stereocenters. The van der Waals surface area contributed by atoms with E-state index < -0.39 is 6.09 Å². The van der Waals surface area contributed by atoms with Crippen LogP contribution in [-0.2, 0) is 11.2 Å². The van der Waals surface area contributed by atoms with E-state index in [9.17, 15) is 4.79 Å². The van der Waals surface area contributed by atoms with Gasteiger partial charge < -0.3 is 10.1 Å². The summed E-state index contributed by atoms with van der Waals surface area (Å²) in [5.41, 5.74) is 0.914. The molecule has 0 bridgehead atoms. The number of alkyl halides is 1. The number of ether oxygens (including phenoxy) is 1. The van der Waals surface area contributed by atoms with E-state index in [4.69, 9.17) is 34.8 Å². The molecule has 1 aromatic carbocycles. The van der Waals surface area contributed by atoms with E-state index >= 15 is 0 Å². The van der Waals surface area contributed by atoms with E-state index in [0.717, 1.165) is 5.56 Å². The fourth-order valence-electron chi connectivity index (χ4n) is 1.12. The Balaban J connectivity index is 2.40. The predicted molar refractivity (Wildman–Crippen MR) is 65.4 cm³/mol. The first-order valence-electron chi connectivity index (χ1n) is 4.54. The Morgan fingerprint density at radius 2 is 2.12 bits per heavy atom. The first kappa shape index (κ1) is 13.4. The maximum atomic E-state index is 10.9. The van der Waals surface area contributed by atoms with Gasteiger partial charge in [0.15, 0.2) is 6.07 Å². The second kappa shape index (κ2) is 6.84. The van der Waals surface area contributed by atoms with Gasteiger partial charge in [-0.15, -0.1) is 0 Å². The van der Waals surface area contributed by atoms with E-state index in [1.54, 1.807) is 12.1 Å². The molecule has 0 aliphatic carbocycles. The minimum atomic E-state index is -0.542. The topological polar surface area (TPSA) is 38.3 Å². The van der Waals surface area contributed by atoms with Crippen molar-refractivity contribution < 1.29 is 9.53 Å². The quantitative estimate of drug-likeness (QED) is 0.859. The van der Waals surface area contributed by atoms with Crippen LogP contribution in [0.25, 0.3) is 0 Å². The molecule has 0 spiro atoms. The van der Waals surface area contributed by atoms with Gasteiger partial charge in [0.2, 0.25) is 0 Å². The number of alkyl carbamates (subject to hydrolysis) is 1. The van der Waals surface area contributed by atoms with Crippen LogP contribution in [0.5, 0.6) is 0 Å². The fraction of sp³-hybridized carbons (Fsp3) is 0.300. The van der Waals surface area contributed by atoms with Crippen LogP contribution in [0.3, 0.4) is 0 Å². The average Bonchev–Trinajstić information content (AvgIpc) is 2.22. The summed E-state index contributed by atoms with van der Waals surface area (Å²) in [4.78, 5) is 10.9. The molecule has 0 saturated heterocycles. The second-order valence-corrected chi connectivity index (χ2v) is 4.02. The third-order valence-electron chi connectivity index (χ3n) is 1.86. The third-order valence-corrected chi connectivity index (χ3v) is 2.56. The van der Waals surface area contributed by atoms with Crippen LogP contribution >= 0.6 is 34.8 Å². The highest BCUT2D eigenvalue weighted by Crippen LogP contribution is 2.20. The van der Waals surface area contributed by atoms with E-state index in [1.807, 2.05) is 6.07 Å². The van der Waals surface area contributed by atoms with Gasteiger partial charge in [-0.3, -0.25) is 0 Å². The molecule has 0 heterocycles. The van der Waals surface area contributed by atoms with Crippen molar-refractivity contribution in [1.82, 2.24) is 5.32 Å². The van der Waals surface area contributed by atoms with Crippen molar-refractivity contribution in [1.29, 1.82) is 0 Å². The highest BCUT2D eigenvalue weighted by atomic mass is 35.5. The molecule has 0 saturated carbocycles. The zero-order valence-electron chi connectivity index (χ0n) is 8.30. The van der Waals surface area contributed by atoms with Crippen molar-refractivity contribution >= 4 is 40.9 Å². The number of carbonyl (C=O) groups excluding carboxylic acids is 1. The summed E-state index contributed by atoms with van der Waals surface area (Å²) in [5.74, 6) is 0. The molecule has 0 fully saturated rings. The van der Waals surface area contributed by atoms with Crippen LogP contribution < -0.4 is 5.32 Å². The molecule has 0 aromatic heterocycles. The van der Waals surface area contributed by atoms with Crippen molar-refractivity contribution in [2.24, 2.45) is 0 Å². The number of amides is 1. The van der Waals surface area contributed by atoms with E-state index in [1.165, 1.54) is 0 Å². The molecular weight excluding hydrogens is 272 g/mol. The Morgan fingerprint density at radius 1 is 1.38 bits per heavy atom. The fourth-order valence-corrected chi connectivity index (χ4v) is 1.73. The molecule has 1 amide bonds. The summed E-state index contributed by atoms with van der Waals surface area (Å²) in [6, 6.07) is 5.07. The van der Waals surface area contributed by atoms with Crippen LogP contribution in [0.1, 0.15) is 5.56 Å². The second-order valence-electron chi connectivity index (χ2n) is 2.95. The molecule has 1 rings (SSSR count). The summed E-state index contributed by atoms with van der Waals surface area (Å²) in [5, 5.41) is 3.71. The van der Waals surface area contributed by atoms with Crippen LogP contribution in [-0.4, -0.2) is 18.7 Å². The van der Waals surface area contributed by atoms with Crippen molar-refractivity contribution in [2.75, 3.05) is 12.6 Å². The molecule has 0 aliphatic heterocycles. The molecular formula is C10H10Cl3NO2. The largest absolute Gasteiger partial charge is 0.433 e. The normalized spacial score (nSPS) is 9.94. The number of benzene rings is 1. The standard InChI is InChI=1S/C10H10Cl3NO2/c11-6-16-10(15)14-4-3-7-1-2-8(12)5-9(7)13/h1-2,5H,3-4,6H2,(H,14,15). The zero-order valence-corrected chi connectivity index (χ0v) is 10.6. The summed E-state index contributed by atoms with van der Waals surface area (Å²) in [6.07, 6.45) is 0.0630. The molecule has 88 valence electrons. The molecule has 0 radical (unpaired) electrons. The van der Waals surface area contributed by atoms with Crippen molar-refractivity contribution in [3.63, 3.8) is 0 Å². The van der Waals surface area contributed by atoms with E-state index in [-0.39, 0.29) is 6.07 Å². The number of rotatable bonds is 4. The molecule has 0 aliphatic rings. The van der Waals surface area contributed by atoms with Crippen molar-refractivity contribution in [3.05, 3.63) is 33.8 Å². The molecule has 0 atom stereocenters. The smallest absolute Gasteiger partial charge is 0.408 e. The highest BCUT2D eigenvalue weighted by Gasteiger charge is 2.03. The number of hydrogen-bond acceptors (Lipinski definition) is 2. The van der Waals surface area contributed by atoms with Gasteiger partial charge in [-0.25, -0.2) is 4.79 Å². The summed E-state index contributed by atoms with van der Waals surface area (Å²) in [6.45, 7) is 0.428. The summed E-state index contributed by atoms with van der Waals surface area (Å²) >= 11 is 16.9. The minimum Gasteiger partial charge on any atom is -0.433 e. The van der Waals surface area contributed by atoms with Crippen molar-refractivity contribution in [3.8, 4) is 0 Å². The lowest BCUT2D eigenvalue weighted by Crippen LogP contribution is -2.26. The monoisotopic (exact) mass is 281 g/mol. The Labute approximate surface area is 109 Å². The van der Waals surface area contributed by atoms with Crippen LogP contribution in [0.15, 0.2) is 18.2 Å². The lowest BCUT2D eigenvalue weighted by molar-refractivity contribution is 0.164. The number of nitrogens with one attached hydrogen (secondary N) is 1. The maximum absolute atomic E-state index is 10.9. The SMILES string of the molecule is O=C(NCCc1ccc(Cl)cc1Cl)OCCl.